The molecule has 0 aliphatic heterocycles. The van der Waals surface area contributed by atoms with Gasteiger partial charge in [0.05, 0.1) is 5.56 Å². The Morgan fingerprint density at radius 1 is 0.857 bits per heavy atom. The Labute approximate surface area is 155 Å². The maximum absolute atomic E-state index is 13.4. The molecule has 0 N–H and O–H groups in total. The second-order valence-electron chi connectivity index (χ2n) is 5.13. The third-order valence-electron chi connectivity index (χ3n) is 3.19. The topological polar surface area (TPSA) is 110 Å². The van der Waals surface area contributed by atoms with Crippen molar-refractivity contribution in [1.82, 2.24) is 0 Å². The first-order valence-electron chi connectivity index (χ1n) is 7.17. The van der Waals surface area contributed by atoms with Crippen molar-refractivity contribution in [2.45, 2.75) is 11.4 Å². The van der Waals surface area contributed by atoms with Crippen LogP contribution in [-0.4, -0.2) is 36.3 Å². The van der Waals surface area contributed by atoms with E-state index in [1.807, 2.05) is 0 Å². The van der Waals surface area contributed by atoms with E-state index in [4.69, 9.17) is 4.74 Å². The maximum Gasteiger partial charge on any atom is 0.481 e. The lowest BCUT2D eigenvalue weighted by molar-refractivity contribution is -0.289. The van der Waals surface area contributed by atoms with Crippen molar-refractivity contribution in [3.63, 3.8) is 0 Å². The van der Waals surface area contributed by atoms with Crippen LogP contribution in [0.25, 0.3) is 0 Å². The van der Waals surface area contributed by atoms with Gasteiger partial charge >= 0.3 is 23.3 Å². The lowest BCUT2D eigenvalue weighted by Crippen LogP contribution is -2.49. The number of alkyl halides is 4. The van der Waals surface area contributed by atoms with Gasteiger partial charge in [-0.2, -0.15) is 17.6 Å². The van der Waals surface area contributed by atoms with Gasteiger partial charge in [0.1, 0.15) is 11.3 Å². The quantitative estimate of drug-likeness (QED) is 0.305. The Morgan fingerprint density at radius 3 is 1.96 bits per heavy atom. The first kappa shape index (κ1) is 21.3. The number of rotatable bonds is 6. The van der Waals surface area contributed by atoms with Crippen LogP contribution in [0.15, 0.2) is 54.6 Å². The summed E-state index contributed by atoms with van der Waals surface area (Å²) < 4.78 is 92.2. The summed E-state index contributed by atoms with van der Waals surface area (Å²) in [6.07, 6.45) is -5.97. The first-order chi connectivity index (χ1) is 12.9. The number of hydrogen-bond donors (Lipinski definition) is 0. The average molecular weight is 421 g/mol. The van der Waals surface area contributed by atoms with Crippen molar-refractivity contribution in [2.75, 3.05) is 0 Å². The fourth-order valence-electron chi connectivity index (χ4n) is 1.83. The number of hydrogen-bond acceptors (Lipinski definition) is 7. The largest absolute Gasteiger partial charge is 0.743 e. The van der Waals surface area contributed by atoms with E-state index in [2.05, 4.69) is 4.74 Å². The molecule has 28 heavy (non-hydrogen) atoms. The van der Waals surface area contributed by atoms with Crippen molar-refractivity contribution in [2.24, 2.45) is 0 Å². The minimum atomic E-state index is -6.85. The monoisotopic (exact) mass is 421 g/mol. The molecule has 2 aromatic carbocycles. The van der Waals surface area contributed by atoms with Crippen LogP contribution < -0.4 is 4.74 Å². The molecular weight excluding hydrogens is 412 g/mol. The molecule has 2 aromatic rings. The predicted molar refractivity (Wildman–Crippen MR) is 82.8 cm³/mol. The van der Waals surface area contributed by atoms with Gasteiger partial charge in [0.25, 0.3) is 0 Å². The summed E-state index contributed by atoms with van der Waals surface area (Å²) in [6, 6.07) is 11.4. The second kappa shape index (κ2) is 7.56. The van der Waals surface area contributed by atoms with Gasteiger partial charge in [-0.15, -0.1) is 0 Å². The van der Waals surface area contributed by atoms with E-state index in [1.165, 1.54) is 30.3 Å². The van der Waals surface area contributed by atoms with E-state index < -0.39 is 44.7 Å². The van der Waals surface area contributed by atoms with Crippen LogP contribution >= 0.6 is 0 Å². The van der Waals surface area contributed by atoms with Crippen LogP contribution in [0.5, 0.6) is 5.75 Å². The van der Waals surface area contributed by atoms with Gasteiger partial charge in [0, 0.05) is 0 Å². The molecule has 12 heteroatoms. The highest BCUT2D eigenvalue weighted by Gasteiger charge is 2.65. The molecule has 0 unspecified atom stereocenters. The van der Waals surface area contributed by atoms with Gasteiger partial charge < -0.3 is 14.0 Å². The number of ether oxygens (including phenoxy) is 2. The van der Waals surface area contributed by atoms with E-state index in [-0.39, 0.29) is 5.56 Å². The van der Waals surface area contributed by atoms with E-state index in [9.17, 15) is 40.1 Å². The summed E-state index contributed by atoms with van der Waals surface area (Å²) in [4.78, 5) is 23.9. The Balaban J connectivity index is 2.29. The molecule has 0 aromatic heterocycles. The molecule has 0 spiro atoms. The minimum absolute atomic E-state index is 0.0278. The smallest absolute Gasteiger partial charge is 0.481 e. The summed E-state index contributed by atoms with van der Waals surface area (Å²) >= 11 is 0. The second-order valence-corrected chi connectivity index (χ2v) is 6.55. The maximum atomic E-state index is 13.4. The van der Waals surface area contributed by atoms with Crippen LogP contribution in [0.2, 0.25) is 0 Å². The third kappa shape index (κ3) is 4.28. The van der Waals surface area contributed by atoms with Gasteiger partial charge in [-0.1, -0.05) is 30.3 Å². The van der Waals surface area contributed by atoms with Gasteiger partial charge in [-0.05, 0) is 24.3 Å². The molecule has 0 atom stereocenters. The van der Waals surface area contributed by atoms with Crippen molar-refractivity contribution >= 4 is 22.1 Å². The third-order valence-corrected chi connectivity index (χ3v) is 4.06. The number of para-hydroxylation sites is 1. The van der Waals surface area contributed by atoms with E-state index in [1.54, 1.807) is 6.07 Å². The van der Waals surface area contributed by atoms with Crippen LogP contribution in [0, 0.1) is 0 Å². The summed E-state index contributed by atoms with van der Waals surface area (Å²) in [7, 11) is -6.85. The summed E-state index contributed by atoms with van der Waals surface area (Å²) in [6.45, 7) is 0. The molecule has 0 saturated heterocycles. The van der Waals surface area contributed by atoms with Gasteiger partial charge in [-0.25, -0.2) is 18.0 Å². The molecule has 0 amide bonds. The normalized spacial score (nSPS) is 12.3. The standard InChI is InChI=1S/C16H10F4O7S/c17-15(18,16(19,20)28(23,24)25)27-14(22)11-8-4-5-9-12(11)26-13(21)10-6-2-1-3-7-10/h1-9H,(H,23,24,25)/p-1. The molecule has 0 heterocycles. The van der Waals surface area contributed by atoms with Crippen LogP contribution in [-0.2, 0) is 14.9 Å². The number of carbonyl (C=O) groups is 2. The molecule has 0 fully saturated rings. The van der Waals surface area contributed by atoms with Crippen LogP contribution in [0.4, 0.5) is 17.6 Å². The van der Waals surface area contributed by atoms with Gasteiger partial charge in [-0.3, -0.25) is 0 Å². The van der Waals surface area contributed by atoms with Gasteiger partial charge in [0.15, 0.2) is 10.1 Å². The molecule has 0 saturated carbocycles. The summed E-state index contributed by atoms with van der Waals surface area (Å²) in [5.41, 5.74) is -0.856. The zero-order chi connectivity index (χ0) is 21.2. The Bertz CT molecular complexity index is 991. The lowest BCUT2D eigenvalue weighted by Gasteiger charge is -2.27. The van der Waals surface area contributed by atoms with E-state index in [0.717, 1.165) is 18.2 Å². The zero-order valence-corrected chi connectivity index (χ0v) is 14.3. The molecule has 150 valence electrons. The van der Waals surface area contributed by atoms with Crippen LogP contribution in [0.3, 0.4) is 0 Å². The summed E-state index contributed by atoms with van der Waals surface area (Å²) in [5, 5.41) is -6.22. The average Bonchev–Trinajstić information content (AvgIpc) is 2.61. The minimum Gasteiger partial charge on any atom is -0.743 e. The number of halogens is 4. The molecule has 0 bridgehead atoms. The Morgan fingerprint density at radius 2 is 1.39 bits per heavy atom. The number of benzene rings is 2. The molecular formula is C16H9F4O7S-. The molecule has 0 aliphatic rings. The number of carbonyl (C=O) groups excluding carboxylic acids is 2. The highest BCUT2D eigenvalue weighted by atomic mass is 32.2. The van der Waals surface area contributed by atoms with Gasteiger partial charge in [0.2, 0.25) is 0 Å². The molecule has 0 radical (unpaired) electrons. The lowest BCUT2D eigenvalue weighted by atomic mass is 10.2. The molecule has 0 aliphatic carbocycles. The van der Waals surface area contributed by atoms with Crippen molar-refractivity contribution in [3.05, 3.63) is 65.7 Å². The SMILES string of the molecule is O=C(Oc1ccccc1C(=O)OC(F)(F)C(F)(F)S(=O)(=O)[O-])c1ccccc1. The molecule has 7 nitrogen and oxygen atoms in total. The van der Waals surface area contributed by atoms with E-state index >= 15 is 0 Å². The highest BCUT2D eigenvalue weighted by Crippen LogP contribution is 2.40. The molecule has 2 rings (SSSR count). The van der Waals surface area contributed by atoms with Crippen molar-refractivity contribution in [3.8, 4) is 5.75 Å². The van der Waals surface area contributed by atoms with Crippen molar-refractivity contribution < 1.29 is 49.6 Å². The zero-order valence-electron chi connectivity index (χ0n) is 13.5. The van der Waals surface area contributed by atoms with Crippen molar-refractivity contribution in [1.29, 1.82) is 0 Å². The highest BCUT2D eigenvalue weighted by molar-refractivity contribution is 7.86. The Hall–Kier alpha value is -2.99. The predicted octanol–water partition coefficient (Wildman–Crippen LogP) is 2.79. The fraction of sp³-hybridized carbons (Fsp3) is 0.125. The first-order valence-corrected chi connectivity index (χ1v) is 8.58. The fourth-order valence-corrected chi connectivity index (χ4v) is 2.17. The van der Waals surface area contributed by atoms with E-state index in [0.29, 0.717) is 0 Å². The number of esters is 2. The Kier molecular flexibility index (Phi) is 5.75. The summed E-state index contributed by atoms with van der Waals surface area (Å²) in [5.74, 6) is -3.77. The van der Waals surface area contributed by atoms with Crippen LogP contribution in [0.1, 0.15) is 20.7 Å².